The first-order valence-corrected chi connectivity index (χ1v) is 8.19. The predicted molar refractivity (Wildman–Crippen MR) is 95.5 cm³/mol. The van der Waals surface area contributed by atoms with E-state index in [2.05, 4.69) is 5.32 Å². The van der Waals surface area contributed by atoms with Crippen LogP contribution in [-0.2, 0) is 6.54 Å². The van der Waals surface area contributed by atoms with Gasteiger partial charge in [0, 0.05) is 17.7 Å². The second kappa shape index (κ2) is 6.40. The van der Waals surface area contributed by atoms with Gasteiger partial charge in [-0.2, -0.15) is 0 Å². The van der Waals surface area contributed by atoms with Crippen LogP contribution in [0.1, 0.15) is 27.7 Å². The van der Waals surface area contributed by atoms with Crippen LogP contribution in [0, 0.1) is 5.82 Å². The second-order valence-corrected chi connectivity index (χ2v) is 6.03. The van der Waals surface area contributed by atoms with Gasteiger partial charge in [-0.15, -0.1) is 0 Å². The zero-order chi connectivity index (χ0) is 17.2. The average Bonchev–Trinajstić information content (AvgIpc) is 2.91. The number of nitrogens with zero attached hydrogens (tertiary/aromatic N) is 1. The zero-order valence-corrected chi connectivity index (χ0v) is 13.5. The Hall–Kier alpha value is -3.14. The number of nitrogens with one attached hydrogen (secondary N) is 1. The van der Waals surface area contributed by atoms with Crippen LogP contribution >= 0.6 is 0 Å². The molecule has 0 saturated heterocycles. The molecule has 3 aromatic carbocycles. The maximum absolute atomic E-state index is 14.1. The smallest absolute Gasteiger partial charge is 0.256 e. The van der Waals surface area contributed by atoms with E-state index in [9.17, 15) is 9.18 Å². The molecule has 0 fully saturated rings. The van der Waals surface area contributed by atoms with Crippen LogP contribution < -0.4 is 5.32 Å². The number of hydrogen-bond acceptors (Lipinski definition) is 2. The van der Waals surface area contributed by atoms with Crippen LogP contribution in [-0.4, -0.2) is 10.8 Å². The lowest BCUT2D eigenvalue weighted by atomic mass is 10.1. The standard InChI is InChI=1S/C21H17FN2O/c22-18-12-6-7-13-19(18)23-20-16-10-4-5-11-17(16)21(25)24(20)14-15-8-2-1-3-9-15/h1-13,20,23H,14H2. The van der Waals surface area contributed by atoms with Gasteiger partial charge in [0.25, 0.3) is 5.91 Å². The number of amides is 1. The van der Waals surface area contributed by atoms with Crippen LogP contribution in [0.25, 0.3) is 0 Å². The molecule has 1 aliphatic heterocycles. The normalized spacial score (nSPS) is 16.0. The lowest BCUT2D eigenvalue weighted by Crippen LogP contribution is -2.32. The Labute approximate surface area is 145 Å². The molecule has 0 saturated carbocycles. The highest BCUT2D eigenvalue weighted by atomic mass is 19.1. The number of hydrogen-bond donors (Lipinski definition) is 1. The van der Waals surface area contributed by atoms with Gasteiger partial charge < -0.3 is 10.2 Å². The van der Waals surface area contributed by atoms with Gasteiger partial charge in [0.05, 0.1) is 5.69 Å². The van der Waals surface area contributed by atoms with Gasteiger partial charge in [-0.25, -0.2) is 4.39 Å². The number of carbonyl (C=O) groups is 1. The molecule has 4 heteroatoms. The fourth-order valence-electron chi connectivity index (χ4n) is 3.19. The van der Waals surface area contributed by atoms with Crippen molar-refractivity contribution < 1.29 is 9.18 Å². The molecule has 1 unspecified atom stereocenters. The van der Waals surface area contributed by atoms with Crippen LogP contribution in [0.5, 0.6) is 0 Å². The Morgan fingerprint density at radius 1 is 0.880 bits per heavy atom. The molecule has 4 rings (SSSR count). The largest absolute Gasteiger partial charge is 0.359 e. The molecular weight excluding hydrogens is 315 g/mol. The minimum Gasteiger partial charge on any atom is -0.359 e. The summed E-state index contributed by atoms with van der Waals surface area (Å²) in [5, 5.41) is 3.20. The summed E-state index contributed by atoms with van der Waals surface area (Å²) < 4.78 is 14.1. The van der Waals surface area contributed by atoms with Gasteiger partial charge in [-0.1, -0.05) is 60.7 Å². The van der Waals surface area contributed by atoms with Crippen molar-refractivity contribution in [2.24, 2.45) is 0 Å². The molecule has 0 aromatic heterocycles. The highest BCUT2D eigenvalue weighted by Gasteiger charge is 2.36. The van der Waals surface area contributed by atoms with Crippen molar-refractivity contribution in [3.63, 3.8) is 0 Å². The summed E-state index contributed by atoms with van der Waals surface area (Å²) in [4.78, 5) is 14.6. The minimum atomic E-state index is -0.402. The molecule has 1 amide bonds. The lowest BCUT2D eigenvalue weighted by molar-refractivity contribution is 0.0728. The molecular formula is C21H17FN2O. The molecule has 124 valence electrons. The Morgan fingerprint density at radius 3 is 2.36 bits per heavy atom. The van der Waals surface area contributed by atoms with Crippen LogP contribution in [0.15, 0.2) is 78.9 Å². The predicted octanol–water partition coefficient (Wildman–Crippen LogP) is 4.59. The van der Waals surface area contributed by atoms with Gasteiger partial charge in [0.2, 0.25) is 0 Å². The van der Waals surface area contributed by atoms with E-state index >= 15 is 0 Å². The Balaban J connectivity index is 1.71. The molecule has 0 spiro atoms. The first kappa shape index (κ1) is 15.4. The third kappa shape index (κ3) is 2.87. The summed E-state index contributed by atoms with van der Waals surface area (Å²) in [5.41, 5.74) is 2.94. The van der Waals surface area contributed by atoms with Gasteiger partial charge in [0.1, 0.15) is 12.0 Å². The second-order valence-electron chi connectivity index (χ2n) is 6.03. The van der Waals surface area contributed by atoms with Gasteiger partial charge in [-0.05, 0) is 23.8 Å². The lowest BCUT2D eigenvalue weighted by Gasteiger charge is -2.27. The minimum absolute atomic E-state index is 0.0479. The van der Waals surface area contributed by atoms with Crippen molar-refractivity contribution in [3.8, 4) is 0 Å². The molecule has 3 nitrogen and oxygen atoms in total. The van der Waals surface area contributed by atoms with E-state index in [0.29, 0.717) is 17.8 Å². The fourth-order valence-corrected chi connectivity index (χ4v) is 3.19. The molecule has 1 aliphatic rings. The van der Waals surface area contributed by atoms with Crippen molar-refractivity contribution in [1.82, 2.24) is 4.90 Å². The Morgan fingerprint density at radius 2 is 1.56 bits per heavy atom. The van der Waals surface area contributed by atoms with E-state index in [-0.39, 0.29) is 11.7 Å². The van der Waals surface area contributed by atoms with Crippen LogP contribution in [0.4, 0.5) is 10.1 Å². The first-order chi connectivity index (χ1) is 12.2. The number of anilines is 1. The van der Waals surface area contributed by atoms with Gasteiger partial charge >= 0.3 is 0 Å². The van der Waals surface area contributed by atoms with Crippen molar-refractivity contribution >= 4 is 11.6 Å². The van der Waals surface area contributed by atoms with Crippen molar-refractivity contribution in [3.05, 3.63) is 101 Å². The summed E-state index contributed by atoms with van der Waals surface area (Å²) in [5.74, 6) is -0.382. The summed E-state index contributed by atoms with van der Waals surface area (Å²) in [7, 11) is 0. The summed E-state index contributed by atoms with van der Waals surface area (Å²) in [6.07, 6.45) is -0.402. The average molecular weight is 332 g/mol. The molecule has 0 aliphatic carbocycles. The van der Waals surface area contributed by atoms with E-state index in [1.54, 1.807) is 23.1 Å². The van der Waals surface area contributed by atoms with E-state index in [0.717, 1.165) is 11.1 Å². The molecule has 1 atom stereocenters. The quantitative estimate of drug-likeness (QED) is 0.758. The molecule has 0 bridgehead atoms. The summed E-state index contributed by atoms with van der Waals surface area (Å²) in [6, 6.07) is 23.8. The fraction of sp³-hybridized carbons (Fsp3) is 0.0952. The third-order valence-corrected chi connectivity index (χ3v) is 4.42. The maximum Gasteiger partial charge on any atom is 0.256 e. The first-order valence-electron chi connectivity index (χ1n) is 8.19. The number of rotatable bonds is 4. The Kier molecular flexibility index (Phi) is 3.94. The van der Waals surface area contributed by atoms with E-state index in [1.807, 2.05) is 54.6 Å². The Bertz CT molecular complexity index is 911. The van der Waals surface area contributed by atoms with Gasteiger partial charge in [-0.3, -0.25) is 4.79 Å². The van der Waals surface area contributed by atoms with Crippen molar-refractivity contribution in [2.75, 3.05) is 5.32 Å². The number of para-hydroxylation sites is 1. The molecule has 1 heterocycles. The van der Waals surface area contributed by atoms with Crippen LogP contribution in [0.2, 0.25) is 0 Å². The van der Waals surface area contributed by atoms with Gasteiger partial charge in [0.15, 0.2) is 0 Å². The summed E-state index contributed by atoms with van der Waals surface area (Å²) >= 11 is 0. The van der Waals surface area contributed by atoms with Crippen LogP contribution in [0.3, 0.4) is 0 Å². The molecule has 0 radical (unpaired) electrons. The summed E-state index contributed by atoms with van der Waals surface area (Å²) in [6.45, 7) is 0.459. The monoisotopic (exact) mass is 332 g/mol. The maximum atomic E-state index is 14.1. The molecule has 25 heavy (non-hydrogen) atoms. The number of halogens is 1. The topological polar surface area (TPSA) is 32.3 Å². The molecule has 1 N–H and O–H groups in total. The van der Waals surface area contributed by atoms with E-state index < -0.39 is 6.17 Å². The SMILES string of the molecule is O=C1c2ccccc2C(Nc2ccccc2F)N1Cc1ccccc1. The number of benzene rings is 3. The number of fused-ring (bicyclic) bond motifs is 1. The van der Waals surface area contributed by atoms with Crippen molar-refractivity contribution in [2.45, 2.75) is 12.7 Å². The number of carbonyl (C=O) groups excluding carboxylic acids is 1. The van der Waals surface area contributed by atoms with E-state index in [1.165, 1.54) is 6.07 Å². The zero-order valence-electron chi connectivity index (χ0n) is 13.5. The third-order valence-electron chi connectivity index (χ3n) is 4.42. The molecule has 3 aromatic rings. The highest BCUT2D eigenvalue weighted by molar-refractivity contribution is 5.99. The van der Waals surface area contributed by atoms with Crippen molar-refractivity contribution in [1.29, 1.82) is 0 Å². The van der Waals surface area contributed by atoms with E-state index in [4.69, 9.17) is 0 Å². The highest BCUT2D eigenvalue weighted by Crippen LogP contribution is 2.35.